The number of nitriles is 1. The van der Waals surface area contributed by atoms with Crippen molar-refractivity contribution in [1.82, 2.24) is 24.6 Å². The Morgan fingerprint density at radius 2 is 2.10 bits per heavy atom. The Bertz CT molecular complexity index is 1400. The second-order valence-electron chi connectivity index (χ2n) is 11.6. The van der Waals surface area contributed by atoms with Crippen molar-refractivity contribution in [3.63, 3.8) is 0 Å². The fourth-order valence-electron chi connectivity index (χ4n) is 6.05. The zero-order valence-electron chi connectivity index (χ0n) is 22.6. The summed E-state index contributed by atoms with van der Waals surface area (Å²) in [5, 5.41) is 20.9. The monoisotopic (exact) mass is 525 g/mol. The van der Waals surface area contributed by atoms with Crippen molar-refractivity contribution >= 4 is 11.6 Å². The van der Waals surface area contributed by atoms with Crippen LogP contribution >= 0.6 is 0 Å². The van der Waals surface area contributed by atoms with Gasteiger partial charge in [0.05, 0.1) is 18.8 Å². The third-order valence-electron chi connectivity index (χ3n) is 8.36. The minimum atomic E-state index is -0.200. The Kier molecular flexibility index (Phi) is 6.92. The van der Waals surface area contributed by atoms with Crippen molar-refractivity contribution in [1.29, 1.82) is 5.26 Å². The molecule has 3 heterocycles. The molecule has 0 unspecified atom stereocenters. The molecule has 2 aromatic heterocycles. The normalized spacial score (nSPS) is 25.1. The molecule has 202 valence electrons. The molecule has 1 aromatic carbocycles. The minimum Gasteiger partial charge on any atom is -0.376 e. The molecule has 1 amide bonds. The Morgan fingerprint density at radius 1 is 1.26 bits per heavy atom. The second-order valence-corrected chi connectivity index (χ2v) is 11.6. The Hall–Kier alpha value is -3.61. The molecule has 3 aromatic rings. The highest BCUT2D eigenvalue weighted by Crippen LogP contribution is 2.50. The van der Waals surface area contributed by atoms with Crippen LogP contribution in [0.1, 0.15) is 71.7 Å². The highest BCUT2D eigenvalue weighted by atomic mass is 16.5. The predicted molar refractivity (Wildman–Crippen MR) is 146 cm³/mol. The van der Waals surface area contributed by atoms with E-state index in [0.29, 0.717) is 18.0 Å². The molecule has 0 bridgehead atoms. The van der Waals surface area contributed by atoms with Crippen LogP contribution in [0.4, 0.5) is 5.69 Å². The highest BCUT2D eigenvalue weighted by Gasteiger charge is 2.46. The van der Waals surface area contributed by atoms with E-state index in [1.54, 1.807) is 6.33 Å². The number of benzene rings is 1. The summed E-state index contributed by atoms with van der Waals surface area (Å²) in [4.78, 5) is 20.6. The van der Waals surface area contributed by atoms with Gasteiger partial charge in [-0.3, -0.25) is 9.69 Å². The SMILES string of the molecule is C[C@@H]1CN(Cc2cc(C(=O)Nc3cccc([C@]4(Cc5nncn5C)C[C@@H](C#N)C4)c3)nc(C3CC3)c2)CCO1. The topological polar surface area (TPSA) is 109 Å². The van der Waals surface area contributed by atoms with Gasteiger partial charge in [-0.05, 0) is 68.0 Å². The van der Waals surface area contributed by atoms with Gasteiger partial charge in [0.25, 0.3) is 5.91 Å². The summed E-state index contributed by atoms with van der Waals surface area (Å²) in [6, 6.07) is 14.5. The summed E-state index contributed by atoms with van der Waals surface area (Å²) in [7, 11) is 1.94. The summed E-state index contributed by atoms with van der Waals surface area (Å²) < 4.78 is 7.63. The Balaban J connectivity index is 1.22. The summed E-state index contributed by atoms with van der Waals surface area (Å²) in [5.74, 6) is 1.18. The smallest absolute Gasteiger partial charge is 0.274 e. The van der Waals surface area contributed by atoms with E-state index < -0.39 is 0 Å². The van der Waals surface area contributed by atoms with Crippen LogP contribution in [0.2, 0.25) is 0 Å². The average Bonchev–Trinajstić information content (AvgIpc) is 3.68. The number of carbonyl (C=O) groups is 1. The van der Waals surface area contributed by atoms with E-state index in [2.05, 4.69) is 45.5 Å². The van der Waals surface area contributed by atoms with Gasteiger partial charge in [0.15, 0.2) is 0 Å². The summed E-state index contributed by atoms with van der Waals surface area (Å²) in [6.45, 7) is 5.40. The van der Waals surface area contributed by atoms with Crippen molar-refractivity contribution in [2.75, 3.05) is 25.0 Å². The first-order valence-corrected chi connectivity index (χ1v) is 13.9. The van der Waals surface area contributed by atoms with Crippen molar-refractivity contribution in [2.45, 2.75) is 63.0 Å². The Morgan fingerprint density at radius 3 is 2.82 bits per heavy atom. The molecule has 0 radical (unpaired) electrons. The number of hydrogen-bond acceptors (Lipinski definition) is 7. The zero-order chi connectivity index (χ0) is 27.0. The number of nitrogens with zero attached hydrogens (tertiary/aromatic N) is 6. The van der Waals surface area contributed by atoms with Gasteiger partial charge in [0.2, 0.25) is 0 Å². The van der Waals surface area contributed by atoms with Crippen LogP contribution in [0.15, 0.2) is 42.7 Å². The van der Waals surface area contributed by atoms with Gasteiger partial charge in [-0.2, -0.15) is 5.26 Å². The summed E-state index contributed by atoms with van der Waals surface area (Å²) in [5.41, 5.74) is 4.25. The number of anilines is 1. The lowest BCUT2D eigenvalue weighted by molar-refractivity contribution is -0.0212. The number of carbonyl (C=O) groups excluding carboxylic acids is 1. The first-order valence-electron chi connectivity index (χ1n) is 13.9. The largest absolute Gasteiger partial charge is 0.376 e. The van der Waals surface area contributed by atoms with Crippen molar-refractivity contribution in [3.8, 4) is 6.07 Å². The molecule has 1 atom stereocenters. The number of morpholine rings is 1. The van der Waals surface area contributed by atoms with E-state index in [-0.39, 0.29) is 23.3 Å². The first kappa shape index (κ1) is 25.7. The van der Waals surface area contributed by atoms with Gasteiger partial charge in [0, 0.05) is 61.7 Å². The van der Waals surface area contributed by atoms with Crippen LogP contribution in [0, 0.1) is 17.2 Å². The molecule has 9 heteroatoms. The van der Waals surface area contributed by atoms with E-state index >= 15 is 0 Å². The third-order valence-corrected chi connectivity index (χ3v) is 8.36. The number of amides is 1. The zero-order valence-corrected chi connectivity index (χ0v) is 22.6. The molecule has 1 aliphatic heterocycles. The lowest BCUT2D eigenvalue weighted by atomic mass is 9.57. The number of pyridine rings is 1. The van der Waals surface area contributed by atoms with Gasteiger partial charge >= 0.3 is 0 Å². The number of aryl methyl sites for hydroxylation is 1. The molecular weight excluding hydrogens is 490 g/mol. The van der Waals surface area contributed by atoms with Crippen LogP contribution in [0.5, 0.6) is 0 Å². The van der Waals surface area contributed by atoms with E-state index in [0.717, 1.165) is 80.3 Å². The van der Waals surface area contributed by atoms with Crippen LogP contribution in [0.3, 0.4) is 0 Å². The molecule has 3 fully saturated rings. The van der Waals surface area contributed by atoms with Gasteiger partial charge < -0.3 is 14.6 Å². The van der Waals surface area contributed by atoms with E-state index in [4.69, 9.17) is 9.72 Å². The molecular formula is C30H35N7O2. The van der Waals surface area contributed by atoms with E-state index in [1.807, 2.05) is 35.9 Å². The lowest BCUT2D eigenvalue weighted by Crippen LogP contribution is -2.43. The van der Waals surface area contributed by atoms with Crippen LogP contribution < -0.4 is 5.32 Å². The van der Waals surface area contributed by atoms with Gasteiger partial charge in [-0.1, -0.05) is 12.1 Å². The fourth-order valence-corrected chi connectivity index (χ4v) is 6.05. The van der Waals surface area contributed by atoms with Gasteiger partial charge in [-0.15, -0.1) is 10.2 Å². The summed E-state index contributed by atoms with van der Waals surface area (Å²) in [6.07, 6.45) is 6.42. The van der Waals surface area contributed by atoms with Crippen LogP contribution in [-0.2, 0) is 30.2 Å². The number of hydrogen-bond donors (Lipinski definition) is 1. The fraction of sp³-hybridized carbons (Fsp3) is 0.500. The maximum absolute atomic E-state index is 13.5. The molecule has 0 spiro atoms. The molecule has 3 aliphatic rings. The van der Waals surface area contributed by atoms with Crippen molar-refractivity contribution in [3.05, 3.63) is 71.1 Å². The van der Waals surface area contributed by atoms with Crippen molar-refractivity contribution in [2.24, 2.45) is 13.0 Å². The molecule has 39 heavy (non-hydrogen) atoms. The minimum absolute atomic E-state index is 0.0266. The van der Waals surface area contributed by atoms with Crippen LogP contribution in [-0.4, -0.2) is 56.4 Å². The molecule has 2 aliphatic carbocycles. The van der Waals surface area contributed by atoms with Gasteiger partial charge in [0.1, 0.15) is 17.8 Å². The standard InChI is InChI=1S/C30H35N7O2/c1-20-17-37(8-9-39-20)18-21-10-26(23-6-7-23)34-27(11-21)29(38)33-25-5-3-4-24(12-25)30(13-22(14-30)16-31)15-28-35-32-19-36(28)2/h3-5,10-12,19-20,22-23H,6-9,13-15,17-18H2,1-2H3,(H,33,38)/t20-,22-,30-/m1/s1. The third kappa shape index (κ3) is 5.58. The highest BCUT2D eigenvalue weighted by molar-refractivity contribution is 6.03. The Labute approximate surface area is 229 Å². The number of rotatable bonds is 8. The maximum Gasteiger partial charge on any atom is 0.274 e. The molecule has 6 rings (SSSR count). The average molecular weight is 526 g/mol. The molecule has 2 saturated carbocycles. The second kappa shape index (κ2) is 10.5. The van der Waals surface area contributed by atoms with E-state index in [1.165, 1.54) is 0 Å². The van der Waals surface area contributed by atoms with Gasteiger partial charge in [-0.25, -0.2) is 4.98 Å². The van der Waals surface area contributed by atoms with Crippen LogP contribution in [0.25, 0.3) is 0 Å². The quantitative estimate of drug-likeness (QED) is 0.474. The molecule has 1 N–H and O–H groups in total. The van der Waals surface area contributed by atoms with Crippen molar-refractivity contribution < 1.29 is 9.53 Å². The first-order chi connectivity index (χ1) is 18.9. The molecule has 1 saturated heterocycles. The number of nitrogens with one attached hydrogen (secondary N) is 1. The predicted octanol–water partition coefficient (Wildman–Crippen LogP) is 3.97. The van der Waals surface area contributed by atoms with E-state index in [9.17, 15) is 10.1 Å². The number of aromatic nitrogens is 4. The maximum atomic E-state index is 13.5. The summed E-state index contributed by atoms with van der Waals surface area (Å²) >= 11 is 0. The number of ether oxygens (including phenoxy) is 1. The lowest BCUT2D eigenvalue weighted by Gasteiger charge is -2.45. The molecule has 9 nitrogen and oxygen atoms in total.